The molecule has 50 heavy (non-hydrogen) atoms. The Bertz CT molecular complexity index is 1890. The third-order valence-electron chi connectivity index (χ3n) is 7.98. The van der Waals surface area contributed by atoms with Gasteiger partial charge in [0.1, 0.15) is 23.7 Å². The van der Waals surface area contributed by atoms with E-state index in [1.54, 1.807) is 63.2 Å². The van der Waals surface area contributed by atoms with Gasteiger partial charge >= 0.3 is 5.63 Å². The van der Waals surface area contributed by atoms with Crippen LogP contribution in [-0.2, 0) is 20.8 Å². The molecule has 0 unspecified atom stereocenters. The van der Waals surface area contributed by atoms with Gasteiger partial charge in [-0.3, -0.25) is 24.2 Å². The van der Waals surface area contributed by atoms with E-state index in [2.05, 4.69) is 26.3 Å². The third kappa shape index (κ3) is 10.5. The summed E-state index contributed by atoms with van der Waals surface area (Å²) in [5.74, 6) is -2.62. The Morgan fingerprint density at radius 2 is 1.48 bits per heavy atom. The molecule has 0 aliphatic carbocycles. The first-order chi connectivity index (χ1) is 23.9. The standard InChI is InChI=1S/C37H43N7O6/c1-22(2)32(44-35(48)29(20-24-11-6-4-7-12-24)43-33(46)25-13-8-5-9-14-25)36(49)42-28(15-10-18-40-37(38)39)34(47)41-26-16-17-27-23(3)19-31(45)50-30(27)21-26/h4-9,11-14,16-17,19,21-22,28-29,32H,10,15,18,20H2,1-3H3,(H,41,47)(H,42,49)(H,43,46)(H,44,48)(H4,38,39,40)/t28-,29+,32-/m0/s1. The molecule has 3 atom stereocenters. The molecule has 0 fully saturated rings. The molecule has 0 aliphatic heterocycles. The molecule has 1 heterocycles. The van der Waals surface area contributed by atoms with Gasteiger partial charge in [0.25, 0.3) is 5.91 Å². The second-order valence-electron chi connectivity index (χ2n) is 12.3. The smallest absolute Gasteiger partial charge is 0.336 e. The summed E-state index contributed by atoms with van der Waals surface area (Å²) in [5.41, 5.74) is 13.0. The van der Waals surface area contributed by atoms with Crippen molar-refractivity contribution in [3.8, 4) is 0 Å². The summed E-state index contributed by atoms with van der Waals surface area (Å²) in [6.45, 7) is 5.52. The number of guanidine groups is 1. The summed E-state index contributed by atoms with van der Waals surface area (Å²) < 4.78 is 5.31. The van der Waals surface area contributed by atoms with Crippen molar-refractivity contribution in [1.29, 1.82) is 0 Å². The van der Waals surface area contributed by atoms with E-state index in [4.69, 9.17) is 15.9 Å². The average Bonchev–Trinajstić information content (AvgIpc) is 3.08. The fourth-order valence-corrected chi connectivity index (χ4v) is 5.34. The summed E-state index contributed by atoms with van der Waals surface area (Å²) in [5, 5.41) is 11.9. The van der Waals surface area contributed by atoms with E-state index in [9.17, 15) is 24.0 Å². The number of fused-ring (bicyclic) bond motifs is 1. The average molecular weight is 682 g/mol. The van der Waals surface area contributed by atoms with Crippen LogP contribution in [0.15, 0.2) is 99.1 Å². The van der Waals surface area contributed by atoms with Gasteiger partial charge in [0.05, 0.1) is 0 Å². The minimum absolute atomic E-state index is 0.102. The van der Waals surface area contributed by atoms with E-state index < -0.39 is 53.3 Å². The van der Waals surface area contributed by atoms with Gasteiger partial charge in [0.15, 0.2) is 5.96 Å². The molecule has 262 valence electrons. The number of carbonyl (C=O) groups is 4. The number of rotatable bonds is 15. The maximum Gasteiger partial charge on any atom is 0.336 e. The molecular formula is C37H43N7O6. The first kappa shape index (κ1) is 36.8. The van der Waals surface area contributed by atoms with Crippen LogP contribution in [0, 0.1) is 12.8 Å². The Kier molecular flexibility index (Phi) is 12.8. The van der Waals surface area contributed by atoms with Gasteiger partial charge in [-0.15, -0.1) is 0 Å². The molecule has 4 rings (SSSR count). The zero-order valence-corrected chi connectivity index (χ0v) is 28.3. The monoisotopic (exact) mass is 681 g/mol. The number of benzene rings is 3. The van der Waals surface area contributed by atoms with E-state index >= 15 is 0 Å². The maximum atomic E-state index is 13.8. The van der Waals surface area contributed by atoms with Crippen molar-refractivity contribution in [2.24, 2.45) is 22.4 Å². The normalized spacial score (nSPS) is 12.7. The molecular weight excluding hydrogens is 638 g/mol. The van der Waals surface area contributed by atoms with Crippen LogP contribution in [-0.4, -0.2) is 54.3 Å². The minimum Gasteiger partial charge on any atom is -0.423 e. The van der Waals surface area contributed by atoms with E-state index in [0.717, 1.165) is 11.1 Å². The molecule has 0 bridgehead atoms. The van der Waals surface area contributed by atoms with Gasteiger partial charge in [-0.1, -0.05) is 62.4 Å². The molecule has 4 aromatic rings. The lowest BCUT2D eigenvalue weighted by atomic mass is 10.00. The first-order valence-corrected chi connectivity index (χ1v) is 16.3. The number of aliphatic imine (C=N–C) groups is 1. The van der Waals surface area contributed by atoms with Crippen LogP contribution in [0.5, 0.6) is 0 Å². The number of nitrogens with two attached hydrogens (primary N) is 2. The van der Waals surface area contributed by atoms with E-state index in [1.807, 2.05) is 30.3 Å². The summed E-state index contributed by atoms with van der Waals surface area (Å²) in [4.78, 5) is 70.1. The molecule has 13 nitrogen and oxygen atoms in total. The van der Waals surface area contributed by atoms with Crippen molar-refractivity contribution in [1.82, 2.24) is 16.0 Å². The summed E-state index contributed by atoms with van der Waals surface area (Å²) in [6, 6.07) is 20.9. The number of hydrogen-bond acceptors (Lipinski definition) is 7. The highest BCUT2D eigenvalue weighted by Gasteiger charge is 2.32. The van der Waals surface area contributed by atoms with Gasteiger partial charge < -0.3 is 37.2 Å². The first-order valence-electron chi connectivity index (χ1n) is 16.3. The number of carbonyl (C=O) groups excluding carboxylic acids is 4. The zero-order chi connectivity index (χ0) is 36.2. The number of hydrogen-bond donors (Lipinski definition) is 6. The van der Waals surface area contributed by atoms with Crippen molar-refractivity contribution in [2.45, 2.75) is 58.2 Å². The van der Waals surface area contributed by atoms with Crippen LogP contribution in [0.3, 0.4) is 0 Å². The van der Waals surface area contributed by atoms with Crippen LogP contribution in [0.4, 0.5) is 5.69 Å². The summed E-state index contributed by atoms with van der Waals surface area (Å²) in [6.07, 6.45) is 0.697. The topological polar surface area (TPSA) is 211 Å². The van der Waals surface area contributed by atoms with Crippen LogP contribution < -0.4 is 38.4 Å². The summed E-state index contributed by atoms with van der Waals surface area (Å²) >= 11 is 0. The fraction of sp³-hybridized carbons (Fsp3) is 0.297. The minimum atomic E-state index is -1.06. The van der Waals surface area contributed by atoms with E-state index in [1.165, 1.54) is 12.1 Å². The molecule has 0 saturated heterocycles. The molecule has 0 radical (unpaired) electrons. The van der Waals surface area contributed by atoms with Crippen LogP contribution in [0.25, 0.3) is 11.0 Å². The SMILES string of the molecule is Cc1cc(=O)oc2cc(NC(=O)[C@H](CCCN=C(N)N)NC(=O)[C@@H](NC(=O)[C@@H](Cc3ccccc3)NC(=O)c3ccccc3)C(C)C)ccc12. The van der Waals surface area contributed by atoms with Crippen molar-refractivity contribution in [3.05, 3.63) is 112 Å². The molecule has 0 spiro atoms. The van der Waals surface area contributed by atoms with Gasteiger partial charge in [0.2, 0.25) is 17.7 Å². The largest absolute Gasteiger partial charge is 0.423 e. The zero-order valence-electron chi connectivity index (χ0n) is 28.3. The summed E-state index contributed by atoms with van der Waals surface area (Å²) in [7, 11) is 0. The van der Waals surface area contributed by atoms with Gasteiger partial charge in [-0.2, -0.15) is 0 Å². The predicted octanol–water partition coefficient (Wildman–Crippen LogP) is 2.76. The fourth-order valence-electron chi connectivity index (χ4n) is 5.34. The van der Waals surface area contributed by atoms with Gasteiger partial charge in [-0.05, 0) is 61.1 Å². The highest BCUT2D eigenvalue weighted by molar-refractivity contribution is 6.01. The lowest BCUT2D eigenvalue weighted by Gasteiger charge is -2.27. The number of nitrogens with one attached hydrogen (secondary N) is 4. The maximum absolute atomic E-state index is 13.8. The molecule has 0 saturated carbocycles. The molecule has 0 aliphatic rings. The lowest BCUT2D eigenvalue weighted by Crippen LogP contribution is -2.58. The van der Waals surface area contributed by atoms with Crippen LogP contribution in [0.2, 0.25) is 0 Å². The Morgan fingerprint density at radius 3 is 2.14 bits per heavy atom. The second-order valence-corrected chi connectivity index (χ2v) is 12.3. The van der Waals surface area contributed by atoms with Crippen LogP contribution in [0.1, 0.15) is 48.2 Å². The van der Waals surface area contributed by atoms with Crippen molar-refractivity contribution < 1.29 is 23.6 Å². The molecule has 3 aromatic carbocycles. The lowest BCUT2D eigenvalue weighted by molar-refractivity contribution is -0.132. The van der Waals surface area contributed by atoms with Crippen molar-refractivity contribution in [3.63, 3.8) is 0 Å². The number of amides is 4. The second kappa shape index (κ2) is 17.4. The molecule has 13 heteroatoms. The number of aryl methyl sites for hydroxylation is 1. The third-order valence-corrected chi connectivity index (χ3v) is 7.98. The highest BCUT2D eigenvalue weighted by Crippen LogP contribution is 2.21. The van der Waals surface area contributed by atoms with E-state index in [0.29, 0.717) is 28.6 Å². The van der Waals surface area contributed by atoms with Crippen molar-refractivity contribution in [2.75, 3.05) is 11.9 Å². The molecule has 8 N–H and O–H groups in total. The molecule has 4 amide bonds. The van der Waals surface area contributed by atoms with Gasteiger partial charge in [-0.25, -0.2) is 4.79 Å². The Labute approximate surface area is 289 Å². The Balaban J connectivity index is 1.53. The number of anilines is 1. The quantitative estimate of drug-likeness (QED) is 0.0474. The van der Waals surface area contributed by atoms with Crippen molar-refractivity contribution >= 4 is 46.2 Å². The highest BCUT2D eigenvalue weighted by atomic mass is 16.4. The van der Waals surface area contributed by atoms with Crippen LogP contribution >= 0.6 is 0 Å². The Morgan fingerprint density at radius 1 is 0.800 bits per heavy atom. The predicted molar refractivity (Wildman–Crippen MR) is 192 cm³/mol. The number of nitrogens with zero attached hydrogens (tertiary/aromatic N) is 1. The Hall–Kier alpha value is -5.98. The van der Waals surface area contributed by atoms with Gasteiger partial charge in [0, 0.05) is 41.7 Å². The molecule has 1 aromatic heterocycles. The van der Waals surface area contributed by atoms with E-state index in [-0.39, 0.29) is 25.3 Å².